The van der Waals surface area contributed by atoms with Gasteiger partial charge in [-0.25, -0.2) is 0 Å². The summed E-state index contributed by atoms with van der Waals surface area (Å²) in [5.74, 6) is -0.387. The third-order valence-electron chi connectivity index (χ3n) is 3.75. The number of amides is 1. The van der Waals surface area contributed by atoms with Gasteiger partial charge in [-0.15, -0.1) is 0 Å². The maximum Gasteiger partial charge on any atom is 0.242 e. The van der Waals surface area contributed by atoms with Gasteiger partial charge in [0.05, 0.1) is 0 Å². The van der Waals surface area contributed by atoms with E-state index in [9.17, 15) is 4.79 Å². The fourth-order valence-electron chi connectivity index (χ4n) is 2.63. The molecule has 1 aliphatic rings. The van der Waals surface area contributed by atoms with E-state index >= 15 is 0 Å². The Morgan fingerprint density at radius 1 is 1.39 bits per heavy atom. The van der Waals surface area contributed by atoms with Crippen molar-refractivity contribution >= 4 is 17.5 Å². The molecule has 1 unspecified atom stereocenters. The van der Waals surface area contributed by atoms with Crippen LogP contribution in [0.25, 0.3) is 0 Å². The van der Waals surface area contributed by atoms with E-state index in [1.807, 2.05) is 25.1 Å². The second-order valence-corrected chi connectivity index (χ2v) is 5.50. The van der Waals surface area contributed by atoms with Crippen molar-refractivity contribution in [3.8, 4) is 0 Å². The average Bonchev–Trinajstić information content (AvgIpc) is 2.81. The molecule has 0 bridgehead atoms. The summed E-state index contributed by atoms with van der Waals surface area (Å²) in [5.41, 5.74) is 5.45. The first kappa shape index (κ1) is 13.4. The molecule has 2 rings (SSSR count). The number of rotatable bonds is 4. The van der Waals surface area contributed by atoms with Crippen molar-refractivity contribution in [2.75, 3.05) is 0 Å². The van der Waals surface area contributed by atoms with Crippen molar-refractivity contribution in [3.63, 3.8) is 0 Å². The fourth-order valence-corrected chi connectivity index (χ4v) is 2.95. The smallest absolute Gasteiger partial charge is 0.242 e. The summed E-state index contributed by atoms with van der Waals surface area (Å²) in [5, 5.41) is 3.96. The molecule has 0 heterocycles. The number of nitrogens with one attached hydrogen (secondary N) is 1. The Bertz CT molecular complexity index is 443. The lowest BCUT2D eigenvalue weighted by atomic mass is 9.90. The van der Waals surface area contributed by atoms with Gasteiger partial charge in [-0.05, 0) is 31.4 Å². The number of benzene rings is 1. The summed E-state index contributed by atoms with van der Waals surface area (Å²) in [6.45, 7) is 1.81. The lowest BCUT2D eigenvalue weighted by Crippen LogP contribution is -2.53. The van der Waals surface area contributed by atoms with Crippen LogP contribution in [0.4, 0.5) is 0 Å². The molecule has 0 saturated heterocycles. The highest BCUT2D eigenvalue weighted by atomic mass is 35.5. The Hall–Kier alpha value is -1.06. The van der Waals surface area contributed by atoms with Crippen LogP contribution in [0.15, 0.2) is 24.3 Å². The minimum atomic E-state index is -0.895. The van der Waals surface area contributed by atoms with Gasteiger partial charge >= 0.3 is 0 Å². The highest BCUT2D eigenvalue weighted by Crippen LogP contribution is 2.30. The van der Waals surface area contributed by atoms with E-state index in [1.165, 1.54) is 12.8 Å². The third-order valence-corrected chi connectivity index (χ3v) is 4.08. The van der Waals surface area contributed by atoms with Crippen LogP contribution in [0.5, 0.6) is 0 Å². The number of nitrogens with two attached hydrogens (primary N) is 1. The van der Waals surface area contributed by atoms with Crippen LogP contribution >= 0.6 is 11.6 Å². The number of carbonyl (C=O) groups is 1. The largest absolute Gasteiger partial charge is 0.368 e. The summed E-state index contributed by atoms with van der Waals surface area (Å²) >= 11 is 6.19. The summed E-state index contributed by atoms with van der Waals surface area (Å²) < 4.78 is 0. The molecular weight excluding hydrogens is 248 g/mol. The van der Waals surface area contributed by atoms with Crippen molar-refractivity contribution in [1.29, 1.82) is 0 Å². The van der Waals surface area contributed by atoms with Crippen LogP contribution in [0, 0.1) is 0 Å². The predicted molar refractivity (Wildman–Crippen MR) is 73.4 cm³/mol. The zero-order valence-corrected chi connectivity index (χ0v) is 11.3. The van der Waals surface area contributed by atoms with E-state index in [2.05, 4.69) is 5.32 Å². The summed E-state index contributed by atoms with van der Waals surface area (Å²) in [6.07, 6.45) is 4.59. The Labute approximate surface area is 113 Å². The van der Waals surface area contributed by atoms with Gasteiger partial charge in [-0.1, -0.05) is 42.6 Å². The van der Waals surface area contributed by atoms with Crippen molar-refractivity contribution in [2.24, 2.45) is 5.73 Å². The van der Waals surface area contributed by atoms with E-state index in [0.717, 1.165) is 18.4 Å². The first-order chi connectivity index (χ1) is 8.54. The number of halogens is 1. The molecule has 1 atom stereocenters. The van der Waals surface area contributed by atoms with Crippen molar-refractivity contribution in [3.05, 3.63) is 34.9 Å². The van der Waals surface area contributed by atoms with Crippen LogP contribution in [0.3, 0.4) is 0 Å². The zero-order valence-electron chi connectivity index (χ0n) is 10.6. The van der Waals surface area contributed by atoms with Gasteiger partial charge in [-0.2, -0.15) is 0 Å². The Kier molecular flexibility index (Phi) is 3.93. The number of hydrogen-bond acceptors (Lipinski definition) is 2. The van der Waals surface area contributed by atoms with Crippen molar-refractivity contribution in [1.82, 2.24) is 5.32 Å². The highest BCUT2D eigenvalue weighted by molar-refractivity contribution is 6.31. The molecule has 1 aromatic rings. The SMILES string of the molecule is CC(NC1CCCC1)(C(N)=O)c1ccccc1Cl. The molecule has 0 aliphatic heterocycles. The normalized spacial score (nSPS) is 19.7. The van der Waals surface area contributed by atoms with Crippen LogP contribution in [-0.4, -0.2) is 11.9 Å². The average molecular weight is 267 g/mol. The zero-order chi connectivity index (χ0) is 13.2. The molecule has 18 heavy (non-hydrogen) atoms. The van der Waals surface area contributed by atoms with Gasteiger partial charge in [0.15, 0.2) is 0 Å². The summed E-state index contributed by atoms with van der Waals surface area (Å²) in [6, 6.07) is 7.71. The van der Waals surface area contributed by atoms with E-state index in [-0.39, 0.29) is 5.91 Å². The first-order valence-corrected chi connectivity index (χ1v) is 6.74. The van der Waals surface area contributed by atoms with Gasteiger partial charge < -0.3 is 5.73 Å². The molecule has 0 spiro atoms. The quantitative estimate of drug-likeness (QED) is 0.880. The molecule has 98 valence electrons. The molecule has 1 saturated carbocycles. The molecule has 1 aromatic carbocycles. The van der Waals surface area contributed by atoms with Gasteiger partial charge in [0, 0.05) is 11.1 Å². The predicted octanol–water partition coefficient (Wildman–Crippen LogP) is 2.57. The van der Waals surface area contributed by atoms with Crippen LogP contribution in [0.1, 0.15) is 38.2 Å². The van der Waals surface area contributed by atoms with Crippen molar-refractivity contribution < 1.29 is 4.79 Å². The van der Waals surface area contributed by atoms with Crippen molar-refractivity contribution in [2.45, 2.75) is 44.2 Å². The molecule has 0 aromatic heterocycles. The monoisotopic (exact) mass is 266 g/mol. The molecular formula is C14H19ClN2O. The minimum Gasteiger partial charge on any atom is -0.368 e. The molecule has 1 aliphatic carbocycles. The molecule has 3 nitrogen and oxygen atoms in total. The number of carbonyl (C=O) groups excluding carboxylic acids is 1. The molecule has 4 heteroatoms. The lowest BCUT2D eigenvalue weighted by Gasteiger charge is -2.32. The van der Waals surface area contributed by atoms with Gasteiger partial charge in [-0.3, -0.25) is 10.1 Å². The Morgan fingerprint density at radius 2 is 2.00 bits per heavy atom. The van der Waals surface area contributed by atoms with Crippen LogP contribution in [-0.2, 0) is 10.3 Å². The third kappa shape index (κ3) is 2.52. The Balaban J connectivity index is 2.31. The van der Waals surface area contributed by atoms with E-state index < -0.39 is 5.54 Å². The van der Waals surface area contributed by atoms with E-state index in [0.29, 0.717) is 11.1 Å². The maximum absolute atomic E-state index is 11.9. The summed E-state index contributed by atoms with van der Waals surface area (Å²) in [7, 11) is 0. The molecule has 1 amide bonds. The number of primary amides is 1. The van der Waals surface area contributed by atoms with Gasteiger partial charge in [0.25, 0.3) is 0 Å². The standard InChI is InChI=1S/C14H19ClN2O/c1-14(13(16)18,17-10-6-2-3-7-10)11-8-4-5-9-12(11)15/h4-5,8-10,17H,2-3,6-7H2,1H3,(H2,16,18). The maximum atomic E-state index is 11.9. The Morgan fingerprint density at radius 3 is 2.56 bits per heavy atom. The van der Waals surface area contributed by atoms with E-state index in [4.69, 9.17) is 17.3 Å². The second-order valence-electron chi connectivity index (χ2n) is 5.09. The van der Waals surface area contributed by atoms with Gasteiger partial charge in [0.1, 0.15) is 5.54 Å². The molecule has 3 N–H and O–H groups in total. The molecule has 0 radical (unpaired) electrons. The van der Waals surface area contributed by atoms with Crippen LogP contribution < -0.4 is 11.1 Å². The lowest BCUT2D eigenvalue weighted by molar-refractivity contribution is -0.124. The van der Waals surface area contributed by atoms with Gasteiger partial charge in [0.2, 0.25) is 5.91 Å². The molecule has 1 fully saturated rings. The number of hydrogen-bond donors (Lipinski definition) is 2. The highest BCUT2D eigenvalue weighted by Gasteiger charge is 2.37. The minimum absolute atomic E-state index is 0.346. The topological polar surface area (TPSA) is 55.1 Å². The second kappa shape index (κ2) is 5.29. The first-order valence-electron chi connectivity index (χ1n) is 6.36. The van der Waals surface area contributed by atoms with E-state index in [1.54, 1.807) is 6.07 Å². The fraction of sp³-hybridized carbons (Fsp3) is 0.500. The summed E-state index contributed by atoms with van der Waals surface area (Å²) in [4.78, 5) is 11.9. The van der Waals surface area contributed by atoms with Crippen LogP contribution in [0.2, 0.25) is 5.02 Å².